The topological polar surface area (TPSA) is 40.1 Å². The lowest BCUT2D eigenvalue weighted by Gasteiger charge is -2.14. The van der Waals surface area contributed by atoms with E-state index in [-0.39, 0.29) is 0 Å². The van der Waals surface area contributed by atoms with Crippen molar-refractivity contribution in [2.24, 2.45) is 0 Å². The summed E-state index contributed by atoms with van der Waals surface area (Å²) in [5, 5.41) is 8.25. The highest BCUT2D eigenvalue weighted by molar-refractivity contribution is 6.28. The number of para-hydroxylation sites is 3. The molecule has 5 heterocycles. The number of nitrogens with zero attached hydrogens (tertiary/aromatic N) is 5. The molecule has 0 saturated heterocycles. The van der Waals surface area contributed by atoms with Crippen LogP contribution in [-0.4, -0.2) is 23.5 Å². The van der Waals surface area contributed by atoms with Crippen LogP contribution in [-0.2, 0) is 0 Å². The van der Waals surface area contributed by atoms with Crippen LogP contribution in [0.5, 0.6) is 0 Å². The van der Waals surface area contributed by atoms with Crippen LogP contribution in [0.4, 0.5) is 0 Å². The van der Waals surface area contributed by atoms with Gasteiger partial charge in [0.05, 0.1) is 27.6 Å². The van der Waals surface area contributed by atoms with Gasteiger partial charge < -0.3 is 9.13 Å². The Morgan fingerprint density at radius 3 is 1.74 bits per heavy atom. The SMILES string of the molecule is c1ccc(-n2c3ccccc3c3ccc4c5ccc6c7cnccc7c7nccn7c6c5n(-c5ccccc5)c4c32)cc1. The van der Waals surface area contributed by atoms with E-state index in [2.05, 4.69) is 140 Å². The molecule has 0 aliphatic carbocycles. The molecular formula is C38H23N5. The molecule has 0 radical (unpaired) electrons. The second kappa shape index (κ2) is 8.30. The third-order valence-electron chi connectivity index (χ3n) is 8.96. The molecule has 0 spiro atoms. The largest absolute Gasteiger partial charge is 0.307 e. The zero-order chi connectivity index (χ0) is 28.1. The molecule has 0 amide bonds. The Balaban J connectivity index is 1.55. The smallest absolute Gasteiger partial charge is 0.145 e. The molecule has 0 bridgehead atoms. The summed E-state index contributed by atoms with van der Waals surface area (Å²) in [7, 11) is 0. The number of hydrogen-bond donors (Lipinski definition) is 0. The maximum Gasteiger partial charge on any atom is 0.145 e. The number of hydrogen-bond acceptors (Lipinski definition) is 2. The molecule has 5 heteroatoms. The Hall–Kier alpha value is -5.94. The molecule has 0 N–H and O–H groups in total. The van der Waals surface area contributed by atoms with Gasteiger partial charge in [0.2, 0.25) is 0 Å². The molecule has 10 rings (SSSR count). The zero-order valence-corrected chi connectivity index (χ0v) is 23.0. The van der Waals surface area contributed by atoms with Gasteiger partial charge in [-0.05, 0) is 36.4 Å². The van der Waals surface area contributed by atoms with Gasteiger partial charge in [0.1, 0.15) is 5.65 Å². The second-order valence-electron chi connectivity index (χ2n) is 11.1. The Bertz CT molecular complexity index is 2710. The number of pyridine rings is 2. The number of imidazole rings is 1. The van der Waals surface area contributed by atoms with Crippen molar-refractivity contribution in [1.29, 1.82) is 0 Å². The first-order valence-electron chi connectivity index (χ1n) is 14.5. The lowest BCUT2D eigenvalue weighted by molar-refractivity contribution is 1.15. The number of aromatic nitrogens is 5. The van der Waals surface area contributed by atoms with Crippen LogP contribution in [0.15, 0.2) is 140 Å². The van der Waals surface area contributed by atoms with Gasteiger partial charge in [-0.1, -0.05) is 78.9 Å². The fourth-order valence-electron chi connectivity index (χ4n) is 7.25. The highest BCUT2D eigenvalue weighted by Gasteiger charge is 2.23. The predicted molar refractivity (Wildman–Crippen MR) is 177 cm³/mol. The average Bonchev–Trinajstić information content (AvgIpc) is 3.78. The van der Waals surface area contributed by atoms with Crippen LogP contribution in [0.25, 0.3) is 82.3 Å². The van der Waals surface area contributed by atoms with E-state index in [9.17, 15) is 0 Å². The van der Waals surface area contributed by atoms with Gasteiger partial charge in [-0.25, -0.2) is 4.98 Å². The molecule has 5 aromatic heterocycles. The third-order valence-corrected chi connectivity index (χ3v) is 8.96. The minimum Gasteiger partial charge on any atom is -0.307 e. The van der Waals surface area contributed by atoms with Gasteiger partial charge in [0, 0.05) is 73.9 Å². The second-order valence-corrected chi connectivity index (χ2v) is 11.1. The van der Waals surface area contributed by atoms with E-state index >= 15 is 0 Å². The van der Waals surface area contributed by atoms with Crippen molar-refractivity contribution in [3.63, 3.8) is 0 Å². The van der Waals surface area contributed by atoms with E-state index < -0.39 is 0 Å². The van der Waals surface area contributed by atoms with E-state index in [1.54, 1.807) is 0 Å². The quantitative estimate of drug-likeness (QED) is 0.202. The summed E-state index contributed by atoms with van der Waals surface area (Å²) in [4.78, 5) is 9.34. The summed E-state index contributed by atoms with van der Waals surface area (Å²) in [6.45, 7) is 0. The summed E-state index contributed by atoms with van der Waals surface area (Å²) in [6, 6.07) is 41.4. The maximum absolute atomic E-state index is 4.81. The molecule has 43 heavy (non-hydrogen) atoms. The van der Waals surface area contributed by atoms with Crippen LogP contribution >= 0.6 is 0 Å². The average molecular weight is 550 g/mol. The van der Waals surface area contributed by atoms with Crippen molar-refractivity contribution >= 4 is 70.9 Å². The van der Waals surface area contributed by atoms with Gasteiger partial charge in [-0.15, -0.1) is 0 Å². The molecule has 0 saturated carbocycles. The normalized spacial score (nSPS) is 12.2. The summed E-state index contributed by atoms with van der Waals surface area (Å²) < 4.78 is 7.15. The summed E-state index contributed by atoms with van der Waals surface area (Å²) in [5.41, 5.74) is 9.06. The van der Waals surface area contributed by atoms with Crippen LogP contribution in [0, 0.1) is 0 Å². The van der Waals surface area contributed by atoms with Crippen molar-refractivity contribution in [1.82, 2.24) is 23.5 Å². The third kappa shape index (κ3) is 2.90. The minimum absolute atomic E-state index is 0.936. The molecule has 0 aliphatic rings. The molecule has 200 valence electrons. The summed E-state index contributed by atoms with van der Waals surface area (Å²) in [6.07, 6.45) is 7.80. The van der Waals surface area contributed by atoms with Crippen molar-refractivity contribution in [3.8, 4) is 11.4 Å². The van der Waals surface area contributed by atoms with Gasteiger partial charge >= 0.3 is 0 Å². The molecule has 0 unspecified atom stereocenters. The highest BCUT2D eigenvalue weighted by atomic mass is 15.1. The first-order chi connectivity index (χ1) is 21.4. The van der Waals surface area contributed by atoms with E-state index in [0.717, 1.165) is 44.2 Å². The fraction of sp³-hybridized carbons (Fsp3) is 0. The van der Waals surface area contributed by atoms with Gasteiger partial charge in [-0.3, -0.25) is 9.38 Å². The van der Waals surface area contributed by atoms with E-state index in [4.69, 9.17) is 4.98 Å². The number of rotatable bonds is 2. The van der Waals surface area contributed by atoms with E-state index in [0.29, 0.717) is 0 Å². The molecular weight excluding hydrogens is 526 g/mol. The zero-order valence-electron chi connectivity index (χ0n) is 23.0. The molecule has 0 aliphatic heterocycles. The van der Waals surface area contributed by atoms with Gasteiger partial charge in [0.25, 0.3) is 0 Å². The first kappa shape index (κ1) is 22.7. The summed E-state index contributed by atoms with van der Waals surface area (Å²) >= 11 is 0. The molecule has 5 nitrogen and oxygen atoms in total. The van der Waals surface area contributed by atoms with E-state index in [1.807, 2.05) is 18.6 Å². The van der Waals surface area contributed by atoms with E-state index in [1.165, 1.54) is 38.1 Å². The minimum atomic E-state index is 0.936. The fourth-order valence-corrected chi connectivity index (χ4v) is 7.25. The molecule has 0 atom stereocenters. The Kier molecular flexibility index (Phi) is 4.39. The first-order valence-corrected chi connectivity index (χ1v) is 14.5. The predicted octanol–water partition coefficient (Wildman–Crippen LogP) is 9.23. The Morgan fingerprint density at radius 1 is 0.419 bits per heavy atom. The van der Waals surface area contributed by atoms with Gasteiger partial charge in [0.15, 0.2) is 0 Å². The van der Waals surface area contributed by atoms with Crippen LogP contribution < -0.4 is 0 Å². The maximum atomic E-state index is 4.81. The Labute approximate surface area is 245 Å². The highest BCUT2D eigenvalue weighted by Crippen LogP contribution is 2.44. The molecule has 0 fully saturated rings. The van der Waals surface area contributed by atoms with Gasteiger partial charge in [-0.2, -0.15) is 0 Å². The van der Waals surface area contributed by atoms with Crippen LogP contribution in [0.1, 0.15) is 0 Å². The lowest BCUT2D eigenvalue weighted by Crippen LogP contribution is -2.00. The number of benzene rings is 5. The van der Waals surface area contributed by atoms with Crippen molar-refractivity contribution in [2.75, 3.05) is 0 Å². The van der Waals surface area contributed by atoms with Crippen LogP contribution in [0.3, 0.4) is 0 Å². The van der Waals surface area contributed by atoms with Crippen LogP contribution in [0.2, 0.25) is 0 Å². The standard InChI is InChI=1S/C38H23N5/c1-3-9-24(10-4-1)42-33-14-8-7-13-26(33)27-15-16-29-28-17-18-30-32-23-39-20-19-31(32)38-40-21-22-41(38)34(30)35(28)43(37(29)36(27)42)25-11-5-2-6-12-25/h1-23H. The molecule has 5 aromatic carbocycles. The molecule has 10 aromatic rings. The Morgan fingerprint density at radius 2 is 1.00 bits per heavy atom. The lowest BCUT2D eigenvalue weighted by atomic mass is 10.0. The van der Waals surface area contributed by atoms with Crippen molar-refractivity contribution < 1.29 is 0 Å². The van der Waals surface area contributed by atoms with Crippen molar-refractivity contribution in [2.45, 2.75) is 0 Å². The summed E-state index contributed by atoms with van der Waals surface area (Å²) in [5.74, 6) is 0. The monoisotopic (exact) mass is 549 g/mol. The number of fused-ring (bicyclic) bond motifs is 14. The van der Waals surface area contributed by atoms with Crippen molar-refractivity contribution in [3.05, 3.63) is 140 Å².